The van der Waals surface area contributed by atoms with E-state index >= 15 is 0 Å². The zero-order valence-corrected chi connectivity index (χ0v) is 14.6. The molecule has 0 bridgehead atoms. The fraction of sp³-hybridized carbons (Fsp3) is 0.529. The summed E-state index contributed by atoms with van der Waals surface area (Å²) in [5.74, 6) is 0.451. The molecule has 136 valence electrons. The summed E-state index contributed by atoms with van der Waals surface area (Å²) >= 11 is 0. The number of esters is 1. The van der Waals surface area contributed by atoms with Crippen LogP contribution in [0.25, 0.3) is 0 Å². The van der Waals surface area contributed by atoms with Crippen LogP contribution in [-0.4, -0.2) is 68.9 Å². The molecule has 8 heteroatoms. The van der Waals surface area contributed by atoms with Gasteiger partial charge in [-0.3, -0.25) is 4.90 Å². The molecule has 2 aliphatic rings. The molecule has 1 fully saturated rings. The number of piperazine rings is 1. The first-order valence-corrected chi connectivity index (χ1v) is 8.22. The molecule has 1 aromatic carbocycles. The van der Waals surface area contributed by atoms with Crippen molar-refractivity contribution in [1.82, 2.24) is 9.80 Å². The smallest absolute Gasteiger partial charge is 0.409 e. The lowest BCUT2D eigenvalue weighted by molar-refractivity contribution is -0.0402. The summed E-state index contributed by atoms with van der Waals surface area (Å²) in [4.78, 5) is 27.8. The van der Waals surface area contributed by atoms with Crippen molar-refractivity contribution in [1.29, 1.82) is 0 Å². The number of fused-ring (bicyclic) bond motifs is 1. The Morgan fingerprint density at radius 3 is 2.52 bits per heavy atom. The van der Waals surface area contributed by atoms with Crippen molar-refractivity contribution in [3.05, 3.63) is 23.3 Å². The minimum atomic E-state index is -0.480. The first kappa shape index (κ1) is 17.3. The van der Waals surface area contributed by atoms with Gasteiger partial charge in [-0.25, -0.2) is 9.59 Å². The largest absolute Gasteiger partial charge is 0.493 e. The van der Waals surface area contributed by atoms with Crippen LogP contribution < -0.4 is 9.47 Å². The van der Waals surface area contributed by atoms with Gasteiger partial charge in [-0.15, -0.1) is 0 Å². The lowest BCUT2D eigenvalue weighted by atomic mass is 10.1. The Labute approximate surface area is 146 Å². The van der Waals surface area contributed by atoms with Crippen molar-refractivity contribution >= 4 is 12.1 Å². The maximum absolute atomic E-state index is 12.4. The molecular formula is C17H22N2O6. The molecule has 2 heterocycles. The number of cyclic esters (lactones) is 1. The summed E-state index contributed by atoms with van der Waals surface area (Å²) in [6.45, 7) is 4.36. The van der Waals surface area contributed by atoms with E-state index in [1.165, 1.54) is 14.2 Å². The Kier molecular flexibility index (Phi) is 4.98. The molecule has 25 heavy (non-hydrogen) atoms. The summed E-state index contributed by atoms with van der Waals surface area (Å²) in [5.41, 5.74) is 1.16. The van der Waals surface area contributed by atoms with Crippen LogP contribution in [-0.2, 0) is 9.47 Å². The Bertz CT molecular complexity index is 669. The third-order valence-electron chi connectivity index (χ3n) is 4.44. The molecule has 0 saturated carbocycles. The molecule has 0 radical (unpaired) electrons. The summed E-state index contributed by atoms with van der Waals surface area (Å²) < 4.78 is 21.2. The van der Waals surface area contributed by atoms with E-state index in [0.29, 0.717) is 49.8 Å². The third kappa shape index (κ3) is 3.09. The van der Waals surface area contributed by atoms with Gasteiger partial charge in [0.15, 0.2) is 17.7 Å². The molecule has 0 aromatic heterocycles. The van der Waals surface area contributed by atoms with Crippen LogP contribution in [0.2, 0.25) is 0 Å². The maximum atomic E-state index is 12.4. The standard InChI is InChI=1S/C17H22N2O6/c1-4-24-17(21)19-9-7-18(8-10-19)15-11-5-6-12(22-2)14(23-3)13(11)16(20)25-15/h5-6,15H,4,7-10H2,1-3H3/t15-/m0/s1. The highest BCUT2D eigenvalue weighted by atomic mass is 16.6. The maximum Gasteiger partial charge on any atom is 0.409 e. The molecule has 2 aliphatic heterocycles. The van der Waals surface area contributed by atoms with Gasteiger partial charge in [0.2, 0.25) is 0 Å². The molecule has 0 N–H and O–H groups in total. The van der Waals surface area contributed by atoms with Gasteiger partial charge < -0.3 is 23.8 Å². The highest BCUT2D eigenvalue weighted by Gasteiger charge is 2.40. The van der Waals surface area contributed by atoms with E-state index in [-0.39, 0.29) is 6.09 Å². The highest BCUT2D eigenvalue weighted by Crippen LogP contribution is 2.43. The number of hydrogen-bond acceptors (Lipinski definition) is 7. The van der Waals surface area contributed by atoms with Gasteiger partial charge in [-0.05, 0) is 19.1 Å². The van der Waals surface area contributed by atoms with Gasteiger partial charge in [-0.1, -0.05) is 0 Å². The zero-order valence-electron chi connectivity index (χ0n) is 14.6. The van der Waals surface area contributed by atoms with Crippen LogP contribution in [0.4, 0.5) is 4.79 Å². The zero-order chi connectivity index (χ0) is 18.0. The molecular weight excluding hydrogens is 328 g/mol. The second kappa shape index (κ2) is 7.18. The lowest BCUT2D eigenvalue weighted by Crippen LogP contribution is -2.49. The Morgan fingerprint density at radius 2 is 1.92 bits per heavy atom. The number of amides is 1. The van der Waals surface area contributed by atoms with Crippen molar-refractivity contribution in [2.75, 3.05) is 47.0 Å². The molecule has 0 unspecified atom stereocenters. The van der Waals surface area contributed by atoms with E-state index in [2.05, 4.69) is 0 Å². The Hall–Kier alpha value is -2.48. The number of benzene rings is 1. The summed E-state index contributed by atoms with van der Waals surface area (Å²) in [7, 11) is 3.02. The molecule has 1 aromatic rings. The SMILES string of the molecule is CCOC(=O)N1CCN([C@H]2OC(=O)c3c2ccc(OC)c3OC)CC1. The fourth-order valence-corrected chi connectivity index (χ4v) is 3.21. The molecule has 0 aliphatic carbocycles. The molecule has 1 amide bonds. The van der Waals surface area contributed by atoms with Crippen molar-refractivity contribution in [2.45, 2.75) is 13.2 Å². The molecule has 1 saturated heterocycles. The predicted octanol–water partition coefficient (Wildman–Crippen LogP) is 1.65. The normalized spacial score (nSPS) is 20.0. The van der Waals surface area contributed by atoms with E-state index < -0.39 is 12.2 Å². The molecule has 0 spiro atoms. The Balaban J connectivity index is 1.77. The number of hydrogen-bond donors (Lipinski definition) is 0. The minimum absolute atomic E-state index is 0.308. The number of methoxy groups -OCH3 is 2. The number of nitrogens with zero attached hydrogens (tertiary/aromatic N) is 2. The van der Waals surface area contributed by atoms with Crippen molar-refractivity contribution in [3.8, 4) is 11.5 Å². The minimum Gasteiger partial charge on any atom is -0.493 e. The second-order valence-electron chi connectivity index (χ2n) is 5.74. The lowest BCUT2D eigenvalue weighted by Gasteiger charge is -2.36. The van der Waals surface area contributed by atoms with Gasteiger partial charge in [0, 0.05) is 31.7 Å². The fourth-order valence-electron chi connectivity index (χ4n) is 3.21. The quantitative estimate of drug-likeness (QED) is 0.764. The van der Waals surface area contributed by atoms with Crippen molar-refractivity contribution in [2.24, 2.45) is 0 Å². The van der Waals surface area contributed by atoms with Gasteiger partial charge in [0.05, 0.1) is 20.8 Å². The van der Waals surface area contributed by atoms with Crippen LogP contribution in [0.1, 0.15) is 29.1 Å². The Morgan fingerprint density at radius 1 is 1.20 bits per heavy atom. The van der Waals surface area contributed by atoms with Crippen molar-refractivity contribution in [3.63, 3.8) is 0 Å². The first-order chi connectivity index (χ1) is 12.1. The number of carbonyl (C=O) groups is 2. The highest BCUT2D eigenvalue weighted by molar-refractivity contribution is 5.98. The van der Waals surface area contributed by atoms with Crippen LogP contribution in [0, 0.1) is 0 Å². The average molecular weight is 350 g/mol. The van der Waals surface area contributed by atoms with Gasteiger partial charge in [0.1, 0.15) is 5.56 Å². The first-order valence-electron chi connectivity index (χ1n) is 8.22. The van der Waals surface area contributed by atoms with E-state index in [4.69, 9.17) is 18.9 Å². The van der Waals surface area contributed by atoms with Crippen LogP contribution in [0.3, 0.4) is 0 Å². The average Bonchev–Trinajstić information content (AvgIpc) is 2.98. The van der Waals surface area contributed by atoms with Gasteiger partial charge >= 0.3 is 12.1 Å². The molecule has 8 nitrogen and oxygen atoms in total. The number of rotatable bonds is 4. The molecule has 1 atom stereocenters. The van der Waals surface area contributed by atoms with Crippen LogP contribution >= 0.6 is 0 Å². The van der Waals surface area contributed by atoms with E-state index in [0.717, 1.165) is 5.56 Å². The summed E-state index contributed by atoms with van der Waals surface area (Å²) in [6, 6.07) is 3.59. The van der Waals surface area contributed by atoms with Crippen molar-refractivity contribution < 1.29 is 28.5 Å². The van der Waals surface area contributed by atoms with E-state index in [1.54, 1.807) is 17.9 Å². The number of carbonyl (C=O) groups excluding carboxylic acids is 2. The summed E-state index contributed by atoms with van der Waals surface area (Å²) in [5, 5.41) is 0. The third-order valence-corrected chi connectivity index (χ3v) is 4.44. The summed E-state index contributed by atoms with van der Waals surface area (Å²) in [6.07, 6.45) is -0.788. The van der Waals surface area contributed by atoms with Gasteiger partial charge in [-0.2, -0.15) is 0 Å². The predicted molar refractivity (Wildman–Crippen MR) is 87.9 cm³/mol. The van der Waals surface area contributed by atoms with E-state index in [1.807, 2.05) is 11.0 Å². The second-order valence-corrected chi connectivity index (χ2v) is 5.74. The van der Waals surface area contributed by atoms with Crippen LogP contribution in [0.5, 0.6) is 11.5 Å². The monoisotopic (exact) mass is 350 g/mol. The van der Waals surface area contributed by atoms with E-state index in [9.17, 15) is 9.59 Å². The van der Waals surface area contributed by atoms with Gasteiger partial charge in [0.25, 0.3) is 0 Å². The topological polar surface area (TPSA) is 77.5 Å². The number of ether oxygens (including phenoxy) is 4. The van der Waals surface area contributed by atoms with Crippen LogP contribution in [0.15, 0.2) is 12.1 Å². The molecule has 3 rings (SSSR count).